The minimum Gasteiger partial charge on any atom is -0.326 e. The highest BCUT2D eigenvalue weighted by Crippen LogP contribution is 2.34. The van der Waals surface area contributed by atoms with Crippen molar-refractivity contribution in [3.63, 3.8) is 0 Å². The molecule has 5 nitrogen and oxygen atoms in total. The highest BCUT2D eigenvalue weighted by molar-refractivity contribution is 7.99. The van der Waals surface area contributed by atoms with Gasteiger partial charge in [-0.2, -0.15) is 0 Å². The molecule has 31 heavy (non-hydrogen) atoms. The fraction of sp³-hybridized carbons (Fsp3) is 0.208. The lowest BCUT2D eigenvalue weighted by Gasteiger charge is -2.24. The third-order valence-corrected chi connectivity index (χ3v) is 7.85. The number of hydrogen-bond acceptors (Lipinski definition) is 4. The zero-order valence-electron chi connectivity index (χ0n) is 18.0. The van der Waals surface area contributed by atoms with Crippen LogP contribution in [0.15, 0.2) is 81.4 Å². The highest BCUT2D eigenvalue weighted by atomic mass is 32.2. The molecule has 0 saturated carbocycles. The van der Waals surface area contributed by atoms with E-state index in [-0.39, 0.29) is 10.8 Å². The number of sulfonamides is 1. The van der Waals surface area contributed by atoms with Crippen molar-refractivity contribution >= 4 is 39.1 Å². The van der Waals surface area contributed by atoms with E-state index < -0.39 is 10.0 Å². The minimum absolute atomic E-state index is 0.104. The van der Waals surface area contributed by atoms with Gasteiger partial charge in [0, 0.05) is 28.9 Å². The van der Waals surface area contributed by atoms with Crippen LogP contribution in [-0.4, -0.2) is 20.9 Å². The standard InChI is InChI=1S/C24H26N2O3S2/c1-5-26(31(28,29)23-13-6-17(2)7-14-23)21-10-15-24(18(3)16-21)30-22-11-8-20(9-12-22)25-19(4)27/h6-16H,5H2,1-4H3,(H,25,27). The smallest absolute Gasteiger partial charge is 0.264 e. The fourth-order valence-electron chi connectivity index (χ4n) is 3.17. The molecule has 0 aliphatic heterocycles. The van der Waals surface area contributed by atoms with Gasteiger partial charge in [-0.1, -0.05) is 29.5 Å². The van der Waals surface area contributed by atoms with Crippen molar-refractivity contribution in [3.05, 3.63) is 77.9 Å². The molecule has 7 heteroatoms. The average molecular weight is 455 g/mol. The lowest BCUT2D eigenvalue weighted by Crippen LogP contribution is -2.30. The van der Waals surface area contributed by atoms with Crippen LogP contribution in [0.4, 0.5) is 11.4 Å². The number of nitrogens with one attached hydrogen (secondary N) is 1. The summed E-state index contributed by atoms with van der Waals surface area (Å²) in [4.78, 5) is 13.5. The molecule has 0 unspecified atom stereocenters. The molecule has 0 aliphatic carbocycles. The molecule has 3 aromatic carbocycles. The van der Waals surface area contributed by atoms with Crippen molar-refractivity contribution in [3.8, 4) is 0 Å². The molecule has 0 spiro atoms. The number of benzene rings is 3. The maximum Gasteiger partial charge on any atom is 0.264 e. The summed E-state index contributed by atoms with van der Waals surface area (Å²) < 4.78 is 27.8. The molecule has 3 rings (SSSR count). The van der Waals surface area contributed by atoms with Gasteiger partial charge in [-0.15, -0.1) is 0 Å². The van der Waals surface area contributed by atoms with Crippen LogP contribution in [0.25, 0.3) is 0 Å². The molecule has 0 atom stereocenters. The van der Waals surface area contributed by atoms with Crippen molar-refractivity contribution in [1.29, 1.82) is 0 Å². The molecule has 1 N–H and O–H groups in total. The number of nitrogens with zero attached hydrogens (tertiary/aromatic N) is 1. The van der Waals surface area contributed by atoms with Gasteiger partial charge in [-0.05, 0) is 80.9 Å². The van der Waals surface area contributed by atoms with Crippen LogP contribution in [-0.2, 0) is 14.8 Å². The quantitative estimate of drug-likeness (QED) is 0.503. The zero-order chi connectivity index (χ0) is 22.6. The normalized spacial score (nSPS) is 11.2. The van der Waals surface area contributed by atoms with Crippen LogP contribution in [0.1, 0.15) is 25.0 Å². The monoisotopic (exact) mass is 454 g/mol. The van der Waals surface area contributed by atoms with Gasteiger partial charge >= 0.3 is 0 Å². The Morgan fingerprint density at radius 3 is 2.16 bits per heavy atom. The van der Waals surface area contributed by atoms with Crippen molar-refractivity contribution in [2.75, 3.05) is 16.2 Å². The SMILES string of the molecule is CCN(c1ccc(Sc2ccc(NC(C)=O)cc2)c(C)c1)S(=O)(=O)c1ccc(C)cc1. The Kier molecular flexibility index (Phi) is 7.08. The first-order valence-corrected chi connectivity index (χ1v) is 12.2. The lowest BCUT2D eigenvalue weighted by molar-refractivity contribution is -0.114. The Balaban J connectivity index is 1.83. The van der Waals surface area contributed by atoms with E-state index in [2.05, 4.69) is 5.32 Å². The van der Waals surface area contributed by atoms with E-state index in [1.165, 1.54) is 11.2 Å². The van der Waals surface area contributed by atoms with Gasteiger partial charge in [0.25, 0.3) is 10.0 Å². The summed E-state index contributed by atoms with van der Waals surface area (Å²) in [5.74, 6) is -0.104. The van der Waals surface area contributed by atoms with E-state index in [0.717, 1.165) is 26.6 Å². The molecular formula is C24H26N2O3S2. The number of amides is 1. The topological polar surface area (TPSA) is 66.5 Å². The van der Waals surface area contributed by atoms with Gasteiger partial charge in [-0.25, -0.2) is 8.42 Å². The van der Waals surface area contributed by atoms with E-state index >= 15 is 0 Å². The lowest BCUT2D eigenvalue weighted by atomic mass is 10.2. The molecule has 0 heterocycles. The Bertz CT molecular complexity index is 1170. The molecule has 0 fully saturated rings. The molecule has 162 valence electrons. The van der Waals surface area contributed by atoms with Gasteiger partial charge in [-0.3, -0.25) is 9.10 Å². The van der Waals surface area contributed by atoms with Crippen LogP contribution < -0.4 is 9.62 Å². The second-order valence-corrected chi connectivity index (χ2v) is 10.2. The number of hydrogen-bond donors (Lipinski definition) is 1. The summed E-state index contributed by atoms with van der Waals surface area (Å²) in [5, 5.41) is 2.75. The van der Waals surface area contributed by atoms with E-state index in [4.69, 9.17) is 0 Å². The van der Waals surface area contributed by atoms with E-state index in [9.17, 15) is 13.2 Å². The molecular weight excluding hydrogens is 428 g/mol. The molecule has 0 saturated heterocycles. The summed E-state index contributed by atoms with van der Waals surface area (Å²) >= 11 is 1.59. The Morgan fingerprint density at radius 2 is 1.61 bits per heavy atom. The van der Waals surface area contributed by atoms with Gasteiger partial charge in [0.15, 0.2) is 0 Å². The van der Waals surface area contributed by atoms with Crippen molar-refractivity contribution in [1.82, 2.24) is 0 Å². The first-order valence-electron chi connectivity index (χ1n) is 9.96. The van der Waals surface area contributed by atoms with Gasteiger partial charge in [0.05, 0.1) is 10.6 Å². The molecule has 0 radical (unpaired) electrons. The second-order valence-electron chi connectivity index (χ2n) is 7.24. The van der Waals surface area contributed by atoms with Crippen LogP contribution in [0.3, 0.4) is 0 Å². The number of anilines is 2. The maximum atomic E-state index is 13.2. The van der Waals surface area contributed by atoms with Crippen molar-refractivity contribution < 1.29 is 13.2 Å². The first kappa shape index (κ1) is 22.9. The molecule has 1 amide bonds. The average Bonchev–Trinajstić information content (AvgIpc) is 2.71. The third-order valence-electron chi connectivity index (χ3n) is 4.75. The molecule has 0 bridgehead atoms. The summed E-state index contributed by atoms with van der Waals surface area (Å²) in [6.45, 7) is 7.56. The molecule has 0 aromatic heterocycles. The highest BCUT2D eigenvalue weighted by Gasteiger charge is 2.23. The number of aryl methyl sites for hydroxylation is 2. The fourth-order valence-corrected chi connectivity index (χ4v) is 5.52. The summed E-state index contributed by atoms with van der Waals surface area (Å²) in [6.07, 6.45) is 0. The van der Waals surface area contributed by atoms with E-state index in [0.29, 0.717) is 12.2 Å². The summed E-state index contributed by atoms with van der Waals surface area (Å²) in [6, 6.07) is 20.2. The number of carbonyl (C=O) groups is 1. The Morgan fingerprint density at radius 1 is 0.968 bits per heavy atom. The van der Waals surface area contributed by atoms with Gasteiger partial charge in [0.1, 0.15) is 0 Å². The van der Waals surface area contributed by atoms with Gasteiger partial charge < -0.3 is 5.32 Å². The Hall–Kier alpha value is -2.77. The number of rotatable bonds is 7. The zero-order valence-corrected chi connectivity index (χ0v) is 19.7. The number of carbonyl (C=O) groups excluding carboxylic acids is 1. The summed E-state index contributed by atoms with van der Waals surface area (Å²) in [7, 11) is -3.63. The molecule has 0 aliphatic rings. The van der Waals surface area contributed by atoms with Gasteiger partial charge in [0.2, 0.25) is 5.91 Å². The van der Waals surface area contributed by atoms with E-state index in [1.807, 2.05) is 75.4 Å². The van der Waals surface area contributed by atoms with E-state index in [1.54, 1.807) is 23.9 Å². The van der Waals surface area contributed by atoms with Crippen molar-refractivity contribution in [2.45, 2.75) is 42.4 Å². The maximum absolute atomic E-state index is 13.2. The third kappa shape index (κ3) is 5.48. The summed E-state index contributed by atoms with van der Waals surface area (Å²) in [5.41, 5.74) is 3.41. The van der Waals surface area contributed by atoms with Crippen LogP contribution in [0.5, 0.6) is 0 Å². The predicted octanol–water partition coefficient (Wildman–Crippen LogP) is 5.63. The Labute approximate surface area is 188 Å². The first-order chi connectivity index (χ1) is 14.7. The predicted molar refractivity (Wildman–Crippen MR) is 127 cm³/mol. The van der Waals surface area contributed by atoms with Crippen LogP contribution >= 0.6 is 11.8 Å². The second kappa shape index (κ2) is 9.58. The van der Waals surface area contributed by atoms with Crippen molar-refractivity contribution in [2.24, 2.45) is 0 Å². The van der Waals surface area contributed by atoms with Crippen LogP contribution in [0, 0.1) is 13.8 Å². The minimum atomic E-state index is -3.63. The molecule has 3 aromatic rings. The van der Waals surface area contributed by atoms with Crippen LogP contribution in [0.2, 0.25) is 0 Å². The largest absolute Gasteiger partial charge is 0.326 e.